The first kappa shape index (κ1) is 14.5. The predicted octanol–water partition coefficient (Wildman–Crippen LogP) is 1.64. The molecule has 0 unspecified atom stereocenters. The molecule has 1 aliphatic heterocycles. The molecular formula is C13H13BrN2O4. The first-order valence-electron chi connectivity index (χ1n) is 6.06. The Morgan fingerprint density at radius 1 is 1.25 bits per heavy atom. The molecule has 0 spiro atoms. The van der Waals surface area contributed by atoms with Crippen LogP contribution in [0.4, 0.5) is 0 Å². The molecule has 1 aliphatic rings. The van der Waals surface area contributed by atoms with Gasteiger partial charge in [-0.25, -0.2) is 10.2 Å². The molecule has 0 atom stereocenters. The number of hydrazone groups is 1. The Morgan fingerprint density at radius 2 is 2.00 bits per heavy atom. The molecular weight excluding hydrogens is 328 g/mol. The number of hydrogen-bond acceptors (Lipinski definition) is 5. The normalized spacial score (nSPS) is 14.2. The van der Waals surface area contributed by atoms with Crippen molar-refractivity contribution in [3.63, 3.8) is 0 Å². The summed E-state index contributed by atoms with van der Waals surface area (Å²) < 4.78 is 11.4. The Bertz CT molecular complexity index is 528. The quantitative estimate of drug-likeness (QED) is 0.652. The highest BCUT2D eigenvalue weighted by Gasteiger charge is 2.19. The number of halogens is 1. The number of hydrogen-bond donors (Lipinski definition) is 1. The van der Waals surface area contributed by atoms with E-state index in [2.05, 4.69) is 26.5 Å². The molecule has 1 aromatic carbocycles. The Morgan fingerprint density at radius 3 is 2.65 bits per heavy atom. The van der Waals surface area contributed by atoms with Crippen LogP contribution in [0.1, 0.15) is 12.8 Å². The number of ether oxygens (including phenoxy) is 2. The van der Waals surface area contributed by atoms with E-state index in [1.165, 1.54) is 0 Å². The lowest BCUT2D eigenvalue weighted by Gasteiger charge is -2.11. The molecule has 1 heterocycles. The maximum absolute atomic E-state index is 11.6. The van der Waals surface area contributed by atoms with Gasteiger partial charge in [-0.15, -0.1) is 0 Å². The third-order valence-corrected chi connectivity index (χ3v) is 3.07. The van der Waals surface area contributed by atoms with E-state index in [9.17, 15) is 9.59 Å². The molecule has 20 heavy (non-hydrogen) atoms. The molecule has 7 heteroatoms. The number of esters is 1. The zero-order valence-electron chi connectivity index (χ0n) is 10.6. The minimum absolute atomic E-state index is 0.127. The van der Waals surface area contributed by atoms with Crippen molar-refractivity contribution in [3.8, 4) is 5.75 Å². The van der Waals surface area contributed by atoms with E-state index in [0.29, 0.717) is 12.2 Å². The number of nitrogens with zero attached hydrogens (tertiary/aromatic N) is 1. The monoisotopic (exact) mass is 340 g/mol. The minimum Gasteiger partial charge on any atom is -0.490 e. The van der Waals surface area contributed by atoms with Crippen molar-refractivity contribution < 1.29 is 19.1 Å². The highest BCUT2D eigenvalue weighted by Crippen LogP contribution is 2.15. The number of nitrogens with one attached hydrogen (secondary N) is 1. The number of carbonyl (C=O) groups excluding carboxylic acids is 2. The fraction of sp³-hybridized carbons (Fsp3) is 0.308. The minimum atomic E-state index is -0.524. The van der Waals surface area contributed by atoms with Crippen LogP contribution in [0.25, 0.3) is 0 Å². The number of benzene rings is 1. The van der Waals surface area contributed by atoms with Crippen LogP contribution in [0, 0.1) is 0 Å². The Balaban J connectivity index is 1.69. The van der Waals surface area contributed by atoms with Crippen LogP contribution in [0.15, 0.2) is 33.8 Å². The molecule has 0 bridgehead atoms. The lowest BCUT2D eigenvalue weighted by atomic mass is 10.2. The van der Waals surface area contributed by atoms with Crippen LogP contribution in [-0.4, -0.2) is 30.8 Å². The van der Waals surface area contributed by atoms with E-state index in [-0.39, 0.29) is 31.3 Å². The molecule has 0 aromatic heterocycles. The molecule has 6 nitrogen and oxygen atoms in total. The lowest BCUT2D eigenvalue weighted by Crippen LogP contribution is -2.31. The van der Waals surface area contributed by atoms with Gasteiger partial charge in [0.2, 0.25) is 5.91 Å². The van der Waals surface area contributed by atoms with E-state index in [0.717, 1.165) is 4.47 Å². The van der Waals surface area contributed by atoms with Gasteiger partial charge in [-0.3, -0.25) is 4.79 Å². The molecule has 0 saturated heterocycles. The van der Waals surface area contributed by atoms with Crippen molar-refractivity contribution in [3.05, 3.63) is 28.7 Å². The van der Waals surface area contributed by atoms with Gasteiger partial charge in [0, 0.05) is 17.3 Å². The largest absolute Gasteiger partial charge is 0.490 e. The maximum Gasteiger partial charge on any atom is 0.354 e. The van der Waals surface area contributed by atoms with Gasteiger partial charge in [0.15, 0.2) is 0 Å². The molecule has 0 saturated carbocycles. The summed E-state index contributed by atoms with van der Waals surface area (Å²) in [5, 5.41) is 3.65. The summed E-state index contributed by atoms with van der Waals surface area (Å²) in [6, 6.07) is 7.35. The lowest BCUT2D eigenvalue weighted by molar-refractivity contribution is -0.136. The molecule has 1 N–H and O–H groups in total. The summed E-state index contributed by atoms with van der Waals surface area (Å²) in [6.07, 6.45) is 0.557. The fourth-order valence-electron chi connectivity index (χ4n) is 1.53. The second kappa shape index (κ2) is 7.04. The summed E-state index contributed by atoms with van der Waals surface area (Å²) in [5.41, 5.74) is 2.48. The zero-order valence-corrected chi connectivity index (χ0v) is 12.2. The highest BCUT2D eigenvalue weighted by molar-refractivity contribution is 9.10. The van der Waals surface area contributed by atoms with Gasteiger partial charge in [0.25, 0.3) is 0 Å². The van der Waals surface area contributed by atoms with Crippen molar-refractivity contribution in [1.82, 2.24) is 5.43 Å². The molecule has 106 valence electrons. The number of carbonyl (C=O) groups is 2. The topological polar surface area (TPSA) is 77.0 Å². The van der Waals surface area contributed by atoms with E-state index < -0.39 is 5.97 Å². The van der Waals surface area contributed by atoms with E-state index in [4.69, 9.17) is 9.47 Å². The third-order valence-electron chi connectivity index (χ3n) is 2.54. The predicted molar refractivity (Wildman–Crippen MR) is 75.4 cm³/mol. The maximum atomic E-state index is 11.6. The Hall–Kier alpha value is -1.89. The summed E-state index contributed by atoms with van der Waals surface area (Å²) in [7, 11) is 0. The first-order chi connectivity index (χ1) is 9.65. The molecule has 0 aliphatic carbocycles. The summed E-state index contributed by atoms with van der Waals surface area (Å²) in [6.45, 7) is 0.384. The zero-order chi connectivity index (χ0) is 14.4. The SMILES string of the molecule is O=C1CCC(C(=O)OCCOc2ccc(Br)cc2)=NN1. The second-order valence-electron chi connectivity index (χ2n) is 4.03. The standard InChI is InChI=1S/C13H13BrN2O4/c14-9-1-3-10(4-2-9)19-7-8-20-13(18)11-5-6-12(17)16-15-11/h1-4H,5-8H2,(H,16,17). The van der Waals surface area contributed by atoms with Gasteiger partial charge < -0.3 is 9.47 Å². The summed E-state index contributed by atoms with van der Waals surface area (Å²) in [5.74, 6) is -0.0175. The van der Waals surface area contributed by atoms with Crippen molar-refractivity contribution in [2.24, 2.45) is 5.10 Å². The average molecular weight is 341 g/mol. The molecule has 1 aromatic rings. The van der Waals surface area contributed by atoms with Crippen LogP contribution in [0.2, 0.25) is 0 Å². The Labute approximate surface area is 124 Å². The molecule has 0 fully saturated rings. The fourth-order valence-corrected chi connectivity index (χ4v) is 1.79. The van der Waals surface area contributed by atoms with Gasteiger partial charge in [-0.05, 0) is 24.3 Å². The summed E-state index contributed by atoms with van der Waals surface area (Å²) in [4.78, 5) is 22.5. The van der Waals surface area contributed by atoms with Crippen molar-refractivity contribution in [2.75, 3.05) is 13.2 Å². The van der Waals surface area contributed by atoms with E-state index >= 15 is 0 Å². The van der Waals surface area contributed by atoms with Gasteiger partial charge >= 0.3 is 5.97 Å². The van der Waals surface area contributed by atoms with Crippen LogP contribution in [-0.2, 0) is 14.3 Å². The van der Waals surface area contributed by atoms with Crippen LogP contribution >= 0.6 is 15.9 Å². The molecule has 0 radical (unpaired) electrons. The van der Waals surface area contributed by atoms with Crippen molar-refractivity contribution in [2.45, 2.75) is 12.8 Å². The van der Waals surface area contributed by atoms with Gasteiger partial charge in [-0.1, -0.05) is 15.9 Å². The Kier molecular flexibility index (Phi) is 5.11. The first-order valence-corrected chi connectivity index (χ1v) is 6.85. The second-order valence-corrected chi connectivity index (χ2v) is 4.95. The summed E-state index contributed by atoms with van der Waals surface area (Å²) >= 11 is 3.33. The van der Waals surface area contributed by atoms with Gasteiger partial charge in [0.05, 0.1) is 0 Å². The number of rotatable bonds is 5. The van der Waals surface area contributed by atoms with Crippen LogP contribution in [0.3, 0.4) is 0 Å². The van der Waals surface area contributed by atoms with Gasteiger partial charge in [-0.2, -0.15) is 5.10 Å². The van der Waals surface area contributed by atoms with E-state index in [1.807, 2.05) is 24.3 Å². The van der Waals surface area contributed by atoms with E-state index in [1.54, 1.807) is 0 Å². The van der Waals surface area contributed by atoms with Crippen LogP contribution in [0.5, 0.6) is 5.75 Å². The van der Waals surface area contributed by atoms with Crippen molar-refractivity contribution >= 4 is 33.5 Å². The number of amides is 1. The highest BCUT2D eigenvalue weighted by atomic mass is 79.9. The van der Waals surface area contributed by atoms with Gasteiger partial charge in [0.1, 0.15) is 24.7 Å². The van der Waals surface area contributed by atoms with Crippen LogP contribution < -0.4 is 10.2 Å². The molecule has 2 rings (SSSR count). The smallest absolute Gasteiger partial charge is 0.354 e. The molecule has 1 amide bonds. The van der Waals surface area contributed by atoms with Crippen molar-refractivity contribution in [1.29, 1.82) is 0 Å². The average Bonchev–Trinajstić information content (AvgIpc) is 2.46. The third kappa shape index (κ3) is 4.34.